The molecule has 3 aromatic rings. The molecule has 1 fully saturated rings. The number of carbonyl (C=O) groups excluding carboxylic acids is 2. The van der Waals surface area contributed by atoms with Gasteiger partial charge in [0.15, 0.2) is 0 Å². The zero-order valence-electron chi connectivity index (χ0n) is 18.0. The number of para-hydroxylation sites is 1. The van der Waals surface area contributed by atoms with Crippen molar-refractivity contribution in [1.29, 1.82) is 0 Å². The third-order valence-corrected chi connectivity index (χ3v) is 6.06. The van der Waals surface area contributed by atoms with Crippen LogP contribution in [0.25, 0.3) is 5.57 Å². The average molecular weight is 442 g/mol. The molecule has 7 heteroatoms. The Morgan fingerprint density at radius 3 is 2.15 bits per heavy atom. The molecule has 166 valence electrons. The first-order valence-corrected chi connectivity index (χ1v) is 10.9. The van der Waals surface area contributed by atoms with E-state index in [0.717, 1.165) is 24.3 Å². The van der Waals surface area contributed by atoms with Gasteiger partial charge in [-0.1, -0.05) is 36.4 Å². The van der Waals surface area contributed by atoms with Gasteiger partial charge in [0, 0.05) is 44.3 Å². The predicted molar refractivity (Wildman–Crippen MR) is 123 cm³/mol. The molecule has 0 N–H and O–H groups in total. The number of rotatable bonds is 5. The highest BCUT2D eigenvalue weighted by molar-refractivity contribution is 6.35. The Morgan fingerprint density at radius 1 is 0.788 bits per heavy atom. The zero-order chi connectivity index (χ0) is 22.8. The number of halogens is 1. The number of anilines is 1. The average Bonchev–Trinajstić information content (AvgIpc) is 3.11. The number of pyridine rings is 1. The Kier molecular flexibility index (Phi) is 5.60. The molecular formula is C26H23FN4O2. The van der Waals surface area contributed by atoms with Gasteiger partial charge in [0.25, 0.3) is 11.8 Å². The molecule has 5 rings (SSSR count). The molecule has 2 amide bonds. The normalized spacial score (nSPS) is 16.7. The maximum atomic E-state index is 13.6. The molecule has 2 aliphatic heterocycles. The number of benzene rings is 2. The van der Waals surface area contributed by atoms with E-state index in [0.29, 0.717) is 29.9 Å². The number of imide groups is 1. The van der Waals surface area contributed by atoms with Crippen molar-refractivity contribution in [2.45, 2.75) is 6.54 Å². The molecule has 0 saturated carbocycles. The SMILES string of the molecule is O=C1C(c2ccc(F)cc2)=C(N2CCN(c3ccccc3)CC2)C(=O)N1Cc1cccnc1. The summed E-state index contributed by atoms with van der Waals surface area (Å²) in [4.78, 5) is 36.6. The van der Waals surface area contributed by atoms with Crippen molar-refractivity contribution in [2.24, 2.45) is 0 Å². The summed E-state index contributed by atoms with van der Waals surface area (Å²) < 4.78 is 13.6. The molecule has 0 aliphatic carbocycles. The fourth-order valence-corrected chi connectivity index (χ4v) is 4.38. The molecule has 0 bridgehead atoms. The number of aromatic nitrogens is 1. The Bertz CT molecular complexity index is 1190. The molecule has 6 nitrogen and oxygen atoms in total. The summed E-state index contributed by atoms with van der Waals surface area (Å²) in [6, 6.07) is 19.5. The van der Waals surface area contributed by atoms with E-state index in [1.165, 1.54) is 17.0 Å². The van der Waals surface area contributed by atoms with Crippen molar-refractivity contribution >= 4 is 23.1 Å². The van der Waals surface area contributed by atoms with E-state index in [4.69, 9.17) is 0 Å². The number of carbonyl (C=O) groups is 2. The van der Waals surface area contributed by atoms with Gasteiger partial charge >= 0.3 is 0 Å². The first-order valence-electron chi connectivity index (χ1n) is 10.9. The monoisotopic (exact) mass is 442 g/mol. The van der Waals surface area contributed by atoms with E-state index in [9.17, 15) is 14.0 Å². The third-order valence-electron chi connectivity index (χ3n) is 6.06. The van der Waals surface area contributed by atoms with Gasteiger partial charge in [-0.3, -0.25) is 19.5 Å². The van der Waals surface area contributed by atoms with Crippen LogP contribution in [0.3, 0.4) is 0 Å². The Morgan fingerprint density at radius 2 is 1.48 bits per heavy atom. The molecule has 0 spiro atoms. The first kappa shape index (κ1) is 20.9. The topological polar surface area (TPSA) is 56.8 Å². The van der Waals surface area contributed by atoms with Crippen LogP contribution in [0.5, 0.6) is 0 Å². The lowest BCUT2D eigenvalue weighted by Gasteiger charge is -2.37. The van der Waals surface area contributed by atoms with E-state index < -0.39 is 0 Å². The summed E-state index contributed by atoms with van der Waals surface area (Å²) in [5.74, 6) is -1.08. The molecule has 1 aromatic heterocycles. The highest BCUT2D eigenvalue weighted by Crippen LogP contribution is 2.33. The van der Waals surface area contributed by atoms with Gasteiger partial charge in [-0.25, -0.2) is 4.39 Å². The second-order valence-corrected chi connectivity index (χ2v) is 8.10. The summed E-state index contributed by atoms with van der Waals surface area (Å²) in [5.41, 5.74) is 3.17. The zero-order valence-corrected chi connectivity index (χ0v) is 18.0. The van der Waals surface area contributed by atoms with Crippen LogP contribution in [0.1, 0.15) is 11.1 Å². The fraction of sp³-hybridized carbons (Fsp3) is 0.192. The minimum absolute atomic E-state index is 0.143. The predicted octanol–water partition coefficient (Wildman–Crippen LogP) is 3.32. The maximum absolute atomic E-state index is 13.6. The van der Waals surface area contributed by atoms with Gasteiger partial charge in [0.1, 0.15) is 11.5 Å². The number of piperazine rings is 1. The van der Waals surface area contributed by atoms with Crippen LogP contribution >= 0.6 is 0 Å². The molecule has 2 aromatic carbocycles. The lowest BCUT2D eigenvalue weighted by Crippen LogP contribution is -2.47. The Labute approximate surface area is 191 Å². The summed E-state index contributed by atoms with van der Waals surface area (Å²) in [6.07, 6.45) is 3.30. The second kappa shape index (κ2) is 8.86. The minimum atomic E-state index is -0.388. The molecule has 0 radical (unpaired) electrons. The molecule has 33 heavy (non-hydrogen) atoms. The van der Waals surface area contributed by atoms with Gasteiger partial charge in [-0.2, -0.15) is 0 Å². The lowest BCUT2D eigenvalue weighted by molar-refractivity contribution is -0.138. The van der Waals surface area contributed by atoms with Crippen LogP contribution in [0.15, 0.2) is 84.8 Å². The van der Waals surface area contributed by atoms with Crippen molar-refractivity contribution in [3.05, 3.63) is 102 Å². The van der Waals surface area contributed by atoms with Crippen molar-refractivity contribution in [3.8, 4) is 0 Å². The van der Waals surface area contributed by atoms with E-state index >= 15 is 0 Å². The van der Waals surface area contributed by atoms with Crippen molar-refractivity contribution in [1.82, 2.24) is 14.8 Å². The fourth-order valence-electron chi connectivity index (χ4n) is 4.38. The summed E-state index contributed by atoms with van der Waals surface area (Å²) >= 11 is 0. The van der Waals surface area contributed by atoms with Crippen molar-refractivity contribution < 1.29 is 14.0 Å². The summed E-state index contributed by atoms with van der Waals surface area (Å²) in [7, 11) is 0. The van der Waals surface area contributed by atoms with Crippen LogP contribution in [0.2, 0.25) is 0 Å². The molecular weight excluding hydrogens is 419 g/mol. The van der Waals surface area contributed by atoms with Crippen LogP contribution in [-0.4, -0.2) is 52.8 Å². The number of hydrogen-bond donors (Lipinski definition) is 0. The van der Waals surface area contributed by atoms with Crippen LogP contribution in [0, 0.1) is 5.82 Å². The quantitative estimate of drug-likeness (QED) is 0.568. The van der Waals surface area contributed by atoms with Gasteiger partial charge in [-0.15, -0.1) is 0 Å². The number of amides is 2. The van der Waals surface area contributed by atoms with Gasteiger partial charge < -0.3 is 9.80 Å². The van der Waals surface area contributed by atoms with Crippen LogP contribution < -0.4 is 4.90 Å². The van der Waals surface area contributed by atoms with Gasteiger partial charge in [-0.05, 0) is 41.5 Å². The largest absolute Gasteiger partial charge is 0.368 e. The molecule has 0 unspecified atom stereocenters. The first-order chi connectivity index (χ1) is 16.1. The van der Waals surface area contributed by atoms with Crippen LogP contribution in [0.4, 0.5) is 10.1 Å². The Hall–Kier alpha value is -4.00. The minimum Gasteiger partial charge on any atom is -0.368 e. The number of nitrogens with zero attached hydrogens (tertiary/aromatic N) is 4. The second-order valence-electron chi connectivity index (χ2n) is 8.10. The highest BCUT2D eigenvalue weighted by atomic mass is 19.1. The summed E-state index contributed by atoms with van der Waals surface area (Å²) in [5, 5.41) is 0. The molecule has 1 saturated heterocycles. The third kappa shape index (κ3) is 4.09. The van der Waals surface area contributed by atoms with Gasteiger partial charge in [0.05, 0.1) is 12.1 Å². The molecule has 3 heterocycles. The molecule has 0 atom stereocenters. The van der Waals surface area contributed by atoms with E-state index in [-0.39, 0.29) is 24.2 Å². The van der Waals surface area contributed by atoms with Crippen LogP contribution in [-0.2, 0) is 16.1 Å². The van der Waals surface area contributed by atoms with Gasteiger partial charge in [0.2, 0.25) is 0 Å². The van der Waals surface area contributed by atoms with E-state index in [1.807, 2.05) is 29.2 Å². The summed E-state index contributed by atoms with van der Waals surface area (Å²) in [6.45, 7) is 2.82. The Balaban J connectivity index is 1.45. The lowest BCUT2D eigenvalue weighted by atomic mass is 10.0. The molecule has 2 aliphatic rings. The maximum Gasteiger partial charge on any atom is 0.278 e. The van der Waals surface area contributed by atoms with E-state index in [2.05, 4.69) is 22.0 Å². The smallest absolute Gasteiger partial charge is 0.278 e. The number of hydrogen-bond acceptors (Lipinski definition) is 5. The standard InChI is InChI=1S/C26H23FN4O2/c27-21-10-8-20(9-11-21)23-24(26(33)31(25(23)32)18-19-5-4-12-28-17-19)30-15-13-29(14-16-30)22-6-2-1-3-7-22/h1-12,17H,13-16,18H2. The van der Waals surface area contributed by atoms with Crippen molar-refractivity contribution in [2.75, 3.05) is 31.1 Å². The highest BCUT2D eigenvalue weighted by Gasteiger charge is 2.42. The van der Waals surface area contributed by atoms with E-state index in [1.54, 1.807) is 30.6 Å². The van der Waals surface area contributed by atoms with Crippen molar-refractivity contribution in [3.63, 3.8) is 0 Å².